The second-order valence-electron chi connectivity index (χ2n) is 6.81. The molecule has 4 rings (SSSR count). The van der Waals surface area contributed by atoms with Crippen LogP contribution in [0, 0.1) is 0 Å². The van der Waals surface area contributed by atoms with Crippen molar-refractivity contribution in [2.24, 2.45) is 0 Å². The van der Waals surface area contributed by atoms with Crippen molar-refractivity contribution in [3.63, 3.8) is 0 Å². The predicted octanol–water partition coefficient (Wildman–Crippen LogP) is 6.20. The molecule has 0 atom stereocenters. The molecule has 0 aliphatic rings. The fourth-order valence-electron chi connectivity index (χ4n) is 3.33. The van der Waals surface area contributed by atoms with E-state index in [1.54, 1.807) is 0 Å². The minimum absolute atomic E-state index is 0.0498. The van der Waals surface area contributed by atoms with Gasteiger partial charge in [-0.1, -0.05) is 78.9 Å². The van der Waals surface area contributed by atoms with Crippen molar-refractivity contribution in [3.05, 3.63) is 126 Å². The third-order valence-electron chi connectivity index (χ3n) is 4.74. The highest BCUT2D eigenvalue weighted by Crippen LogP contribution is 2.27. The van der Waals surface area contributed by atoms with Gasteiger partial charge in [0.05, 0.1) is 5.92 Å². The summed E-state index contributed by atoms with van der Waals surface area (Å²) in [4.78, 5) is 13.2. The summed E-state index contributed by atoms with van der Waals surface area (Å²) in [5.74, 6) is -0.411. The van der Waals surface area contributed by atoms with Gasteiger partial charge in [0.2, 0.25) is 5.91 Å². The smallest absolute Gasteiger partial charge is 0.236 e. The molecule has 0 saturated carbocycles. The molecule has 0 aromatic heterocycles. The van der Waals surface area contributed by atoms with Crippen molar-refractivity contribution in [2.45, 2.75) is 5.92 Å². The summed E-state index contributed by atoms with van der Waals surface area (Å²) in [7, 11) is 0. The van der Waals surface area contributed by atoms with E-state index in [9.17, 15) is 4.79 Å². The van der Waals surface area contributed by atoms with Crippen molar-refractivity contribution in [3.8, 4) is 0 Å². The Morgan fingerprint density at radius 3 is 1.45 bits per heavy atom. The molecule has 29 heavy (non-hydrogen) atoms. The minimum Gasteiger partial charge on any atom is -0.356 e. The molecule has 2 N–H and O–H groups in total. The van der Waals surface area contributed by atoms with Crippen molar-refractivity contribution in [2.75, 3.05) is 10.6 Å². The van der Waals surface area contributed by atoms with Gasteiger partial charge in [0.25, 0.3) is 0 Å². The van der Waals surface area contributed by atoms with Gasteiger partial charge < -0.3 is 10.6 Å². The summed E-state index contributed by atoms with van der Waals surface area (Å²) in [6, 6.07) is 37.5. The molecule has 1 amide bonds. The minimum atomic E-state index is -0.362. The average Bonchev–Trinajstić information content (AvgIpc) is 2.78. The highest BCUT2D eigenvalue weighted by molar-refractivity contribution is 5.98. The highest BCUT2D eigenvalue weighted by atomic mass is 16.1. The lowest BCUT2D eigenvalue weighted by Crippen LogP contribution is -2.22. The van der Waals surface area contributed by atoms with Gasteiger partial charge in [-0.3, -0.25) is 4.79 Å². The standard InChI is InChI=1S/C26H22N2O/c29-26(25(20-10-4-1-5-11-20)21-12-6-2-7-13-21)28-24-18-16-23(17-19-24)27-22-14-8-3-9-15-22/h1-19,25,27H,(H,28,29). The molecule has 3 nitrogen and oxygen atoms in total. The maximum Gasteiger partial charge on any atom is 0.236 e. The molecule has 4 aromatic carbocycles. The first-order chi connectivity index (χ1) is 14.3. The molecule has 3 heteroatoms. The van der Waals surface area contributed by atoms with Gasteiger partial charge in [0.15, 0.2) is 0 Å². The summed E-state index contributed by atoms with van der Waals surface area (Å²) < 4.78 is 0. The summed E-state index contributed by atoms with van der Waals surface area (Å²) in [5.41, 5.74) is 4.71. The number of para-hydroxylation sites is 1. The van der Waals surface area contributed by atoms with Gasteiger partial charge in [-0.05, 0) is 47.5 Å². The molecule has 0 fully saturated rings. The van der Waals surface area contributed by atoms with Gasteiger partial charge >= 0.3 is 0 Å². The average molecular weight is 378 g/mol. The Hall–Kier alpha value is -3.85. The first kappa shape index (κ1) is 18.5. The van der Waals surface area contributed by atoms with Crippen LogP contribution in [0.3, 0.4) is 0 Å². The lowest BCUT2D eigenvalue weighted by molar-refractivity contribution is -0.116. The second-order valence-corrected chi connectivity index (χ2v) is 6.81. The molecule has 0 aliphatic carbocycles. The fraction of sp³-hybridized carbons (Fsp3) is 0.0385. The Labute approximate surface area is 171 Å². The molecule has 142 valence electrons. The Kier molecular flexibility index (Phi) is 5.68. The molecule has 0 saturated heterocycles. The SMILES string of the molecule is O=C(Nc1ccc(Nc2ccccc2)cc1)C(c1ccccc1)c1ccccc1. The van der Waals surface area contributed by atoms with E-state index in [-0.39, 0.29) is 11.8 Å². The van der Waals surface area contributed by atoms with Crippen LogP contribution in [0.1, 0.15) is 17.0 Å². The largest absolute Gasteiger partial charge is 0.356 e. The fourth-order valence-corrected chi connectivity index (χ4v) is 3.33. The molecular weight excluding hydrogens is 356 g/mol. The van der Waals surface area contributed by atoms with Crippen LogP contribution in [-0.4, -0.2) is 5.91 Å². The first-order valence-electron chi connectivity index (χ1n) is 9.62. The number of nitrogens with one attached hydrogen (secondary N) is 2. The van der Waals surface area contributed by atoms with Gasteiger partial charge in [-0.15, -0.1) is 0 Å². The Balaban J connectivity index is 1.52. The number of hydrogen-bond acceptors (Lipinski definition) is 2. The normalized spacial score (nSPS) is 10.5. The number of rotatable bonds is 6. The van der Waals surface area contributed by atoms with E-state index in [4.69, 9.17) is 0 Å². The van der Waals surface area contributed by atoms with E-state index >= 15 is 0 Å². The van der Waals surface area contributed by atoms with Crippen LogP contribution in [0.4, 0.5) is 17.1 Å². The Morgan fingerprint density at radius 2 is 0.931 bits per heavy atom. The van der Waals surface area contributed by atoms with Crippen molar-refractivity contribution in [1.29, 1.82) is 0 Å². The molecule has 4 aromatic rings. The maximum atomic E-state index is 13.2. The lowest BCUT2D eigenvalue weighted by Gasteiger charge is -2.18. The van der Waals surface area contributed by atoms with Crippen LogP contribution >= 0.6 is 0 Å². The van der Waals surface area contributed by atoms with Gasteiger partial charge in [0.1, 0.15) is 0 Å². The van der Waals surface area contributed by atoms with Crippen molar-refractivity contribution in [1.82, 2.24) is 0 Å². The van der Waals surface area contributed by atoms with Gasteiger partial charge in [-0.25, -0.2) is 0 Å². The monoisotopic (exact) mass is 378 g/mol. The van der Waals surface area contributed by atoms with Crippen LogP contribution < -0.4 is 10.6 Å². The molecule has 0 aliphatic heterocycles. The highest BCUT2D eigenvalue weighted by Gasteiger charge is 2.22. The zero-order valence-electron chi connectivity index (χ0n) is 16.0. The van der Waals surface area contributed by atoms with Crippen molar-refractivity contribution >= 4 is 23.0 Å². The number of amides is 1. The first-order valence-corrected chi connectivity index (χ1v) is 9.62. The molecule has 0 spiro atoms. The molecule has 0 heterocycles. The topological polar surface area (TPSA) is 41.1 Å². The zero-order chi connectivity index (χ0) is 19.9. The summed E-state index contributed by atoms with van der Waals surface area (Å²) in [6.07, 6.45) is 0. The van der Waals surface area contributed by atoms with E-state index < -0.39 is 0 Å². The zero-order valence-corrected chi connectivity index (χ0v) is 16.0. The van der Waals surface area contributed by atoms with Crippen LogP contribution in [-0.2, 0) is 4.79 Å². The van der Waals surface area contributed by atoms with E-state index in [1.165, 1.54) is 0 Å². The third kappa shape index (κ3) is 4.71. The number of hydrogen-bond donors (Lipinski definition) is 2. The quantitative estimate of drug-likeness (QED) is 0.419. The number of carbonyl (C=O) groups is 1. The summed E-state index contributed by atoms with van der Waals surface area (Å²) in [5, 5.41) is 6.41. The molecule has 0 bridgehead atoms. The number of anilines is 3. The molecular formula is C26H22N2O. The van der Waals surface area contributed by atoms with E-state index in [1.807, 2.05) is 115 Å². The summed E-state index contributed by atoms with van der Waals surface area (Å²) in [6.45, 7) is 0. The number of benzene rings is 4. The second kappa shape index (κ2) is 8.89. The summed E-state index contributed by atoms with van der Waals surface area (Å²) >= 11 is 0. The van der Waals surface area contributed by atoms with E-state index in [0.29, 0.717) is 0 Å². The van der Waals surface area contributed by atoms with Crippen LogP contribution in [0.15, 0.2) is 115 Å². The van der Waals surface area contributed by atoms with Crippen molar-refractivity contribution < 1.29 is 4.79 Å². The van der Waals surface area contributed by atoms with Crippen LogP contribution in [0.2, 0.25) is 0 Å². The maximum absolute atomic E-state index is 13.2. The third-order valence-corrected chi connectivity index (χ3v) is 4.74. The van der Waals surface area contributed by atoms with Gasteiger partial charge in [0, 0.05) is 17.1 Å². The number of carbonyl (C=O) groups excluding carboxylic acids is 1. The van der Waals surface area contributed by atoms with Gasteiger partial charge in [-0.2, -0.15) is 0 Å². The predicted molar refractivity (Wildman–Crippen MR) is 120 cm³/mol. The Bertz CT molecular complexity index is 1010. The van der Waals surface area contributed by atoms with E-state index in [2.05, 4.69) is 10.6 Å². The molecule has 0 unspecified atom stereocenters. The van der Waals surface area contributed by atoms with Crippen LogP contribution in [0.25, 0.3) is 0 Å². The molecule has 0 radical (unpaired) electrons. The van der Waals surface area contributed by atoms with Crippen LogP contribution in [0.5, 0.6) is 0 Å². The Morgan fingerprint density at radius 1 is 0.517 bits per heavy atom. The van der Waals surface area contributed by atoms with E-state index in [0.717, 1.165) is 28.2 Å². The lowest BCUT2D eigenvalue weighted by atomic mass is 9.90.